The molecule has 4 aromatic carbocycles. The van der Waals surface area contributed by atoms with Crippen LogP contribution in [0.5, 0.6) is 0 Å². The number of para-hydroxylation sites is 2. The van der Waals surface area contributed by atoms with Crippen LogP contribution in [0, 0.1) is 22.7 Å². The van der Waals surface area contributed by atoms with Gasteiger partial charge < -0.3 is 29.1 Å². The molecular weight excluding hydrogens is 721 g/mol. The van der Waals surface area contributed by atoms with Gasteiger partial charge in [0.05, 0.1) is 6.04 Å². The second kappa shape index (κ2) is 18.6. The van der Waals surface area contributed by atoms with Crippen LogP contribution in [-0.2, 0) is 38.8 Å². The predicted octanol–water partition coefficient (Wildman–Crippen LogP) is 7.14. The molecule has 0 saturated heterocycles. The number of carbonyl (C=O) groups excluding carboxylic acids is 2. The molecule has 2 amide bonds. The van der Waals surface area contributed by atoms with Gasteiger partial charge in [-0.1, -0.05) is 97.1 Å². The van der Waals surface area contributed by atoms with Gasteiger partial charge in [0.25, 0.3) is 11.8 Å². The van der Waals surface area contributed by atoms with Crippen molar-refractivity contribution in [3.63, 3.8) is 0 Å². The van der Waals surface area contributed by atoms with E-state index in [1.807, 2.05) is 128 Å². The van der Waals surface area contributed by atoms with Crippen molar-refractivity contribution in [2.45, 2.75) is 32.6 Å². The van der Waals surface area contributed by atoms with E-state index in [9.17, 15) is 29.7 Å². The van der Waals surface area contributed by atoms with Gasteiger partial charge >= 0.3 is 11.9 Å². The third-order valence-electron chi connectivity index (χ3n) is 9.34. The molecule has 2 heterocycles. The van der Waals surface area contributed by atoms with Crippen LogP contribution in [0.2, 0.25) is 0 Å². The van der Waals surface area contributed by atoms with E-state index in [0.29, 0.717) is 17.7 Å². The van der Waals surface area contributed by atoms with Crippen molar-refractivity contribution in [2.24, 2.45) is 0 Å². The summed E-state index contributed by atoms with van der Waals surface area (Å²) in [5.41, 5.74) is 4.66. The summed E-state index contributed by atoms with van der Waals surface area (Å²) >= 11 is 0. The van der Waals surface area contributed by atoms with E-state index in [1.165, 1.54) is 22.0 Å². The minimum Gasteiger partial charge on any atom is -0.480 e. The van der Waals surface area contributed by atoms with Gasteiger partial charge in [0.1, 0.15) is 36.4 Å². The second-order valence-corrected chi connectivity index (χ2v) is 13.2. The summed E-state index contributed by atoms with van der Waals surface area (Å²) in [6, 6.07) is 37.5. The van der Waals surface area contributed by atoms with Gasteiger partial charge in [0.15, 0.2) is 0 Å². The van der Waals surface area contributed by atoms with Crippen LogP contribution < -0.4 is 0 Å². The fourth-order valence-corrected chi connectivity index (χ4v) is 6.38. The second-order valence-electron chi connectivity index (χ2n) is 13.2. The summed E-state index contributed by atoms with van der Waals surface area (Å²) in [7, 11) is 3.31. The van der Waals surface area contributed by atoms with Crippen LogP contribution in [0.3, 0.4) is 0 Å². The van der Waals surface area contributed by atoms with Gasteiger partial charge in [0, 0.05) is 66.0 Å². The Balaban J connectivity index is 0.000000218. The number of rotatable bonds is 12. The standard InChI is InChI=1S/C23H21N3O3.C22H19N3O3/c1-16(17-8-4-3-5-9-17)25(2)23(29)18(13-24)12-19-14-26(15-22(27)28)21-11-7-6-10-20(19)21;1-24(13-16-7-3-2-4-8-16)22(28)17(12-23)11-18-14-25(15-21(26)27)20-10-6-5-9-19(18)20/h3-12,14,16H,15H2,1-2H3,(H,27,28);2-11,14H,13,15H2,1H3,(H,26,27)/b18-12+;17-11+/t16-;/m1./s1. The number of carbonyl (C=O) groups is 4. The topological polar surface area (TPSA) is 173 Å². The fraction of sp³-hybridized carbons (Fsp3) is 0.156. The van der Waals surface area contributed by atoms with Crippen molar-refractivity contribution in [1.82, 2.24) is 18.9 Å². The zero-order valence-electron chi connectivity index (χ0n) is 31.6. The SMILES string of the molecule is CN(Cc1ccccc1)C(=O)/C(C#N)=C/c1cn(CC(=O)O)c2ccccc12.C[C@H](c1ccccc1)N(C)C(=O)/C(C#N)=C/c1cn(CC(=O)O)c2ccccc12. The zero-order chi connectivity index (χ0) is 41.1. The molecule has 6 rings (SSSR count). The maximum absolute atomic E-state index is 12.9. The summed E-state index contributed by atoms with van der Waals surface area (Å²) in [6.45, 7) is 1.90. The van der Waals surface area contributed by atoms with Crippen molar-refractivity contribution < 1.29 is 29.4 Å². The lowest BCUT2D eigenvalue weighted by molar-refractivity contribution is -0.138. The normalized spacial score (nSPS) is 11.8. The van der Waals surface area contributed by atoms with Crippen molar-refractivity contribution in [1.29, 1.82) is 10.5 Å². The zero-order valence-corrected chi connectivity index (χ0v) is 31.6. The molecule has 286 valence electrons. The van der Waals surface area contributed by atoms with Gasteiger partial charge in [-0.05, 0) is 42.3 Å². The lowest BCUT2D eigenvalue weighted by atomic mass is 10.1. The number of aliphatic carboxylic acids is 2. The first kappa shape index (κ1) is 40.5. The third-order valence-corrected chi connectivity index (χ3v) is 9.34. The molecule has 0 aliphatic heterocycles. The van der Waals surface area contributed by atoms with Crippen molar-refractivity contribution in [3.05, 3.63) is 155 Å². The molecular formula is C45H40N6O6. The Kier molecular flexibility index (Phi) is 13.2. The quantitative estimate of drug-likeness (QED) is 0.0978. The Morgan fingerprint density at radius 3 is 1.53 bits per heavy atom. The number of benzene rings is 4. The molecule has 0 aliphatic carbocycles. The molecule has 0 unspecified atom stereocenters. The number of fused-ring (bicyclic) bond motifs is 2. The van der Waals surface area contributed by atoms with Gasteiger partial charge in [-0.15, -0.1) is 0 Å². The molecule has 0 saturated carbocycles. The molecule has 57 heavy (non-hydrogen) atoms. The molecule has 0 spiro atoms. The average molecular weight is 761 g/mol. The highest BCUT2D eigenvalue weighted by molar-refractivity contribution is 6.05. The van der Waals surface area contributed by atoms with E-state index >= 15 is 0 Å². The summed E-state index contributed by atoms with van der Waals surface area (Å²) in [5.74, 6) is -2.70. The molecule has 0 fully saturated rings. The highest BCUT2D eigenvalue weighted by Crippen LogP contribution is 2.27. The van der Waals surface area contributed by atoms with Gasteiger partial charge in [-0.25, -0.2) is 0 Å². The van der Waals surface area contributed by atoms with Gasteiger partial charge in [-0.2, -0.15) is 10.5 Å². The summed E-state index contributed by atoms with van der Waals surface area (Å²) < 4.78 is 3.19. The van der Waals surface area contributed by atoms with Crippen molar-refractivity contribution in [2.75, 3.05) is 14.1 Å². The smallest absolute Gasteiger partial charge is 0.323 e. The van der Waals surface area contributed by atoms with Crippen molar-refractivity contribution >= 4 is 57.7 Å². The van der Waals surface area contributed by atoms with E-state index in [1.54, 1.807) is 35.6 Å². The van der Waals surface area contributed by atoms with Gasteiger partial charge in [-0.3, -0.25) is 19.2 Å². The molecule has 12 nitrogen and oxygen atoms in total. The van der Waals surface area contributed by atoms with Crippen molar-refractivity contribution in [3.8, 4) is 12.1 Å². The van der Waals surface area contributed by atoms with Crippen LogP contribution >= 0.6 is 0 Å². The van der Waals surface area contributed by atoms with Crippen LogP contribution in [0.25, 0.3) is 34.0 Å². The maximum atomic E-state index is 12.9. The van der Waals surface area contributed by atoms with Gasteiger partial charge in [0.2, 0.25) is 0 Å². The number of carboxylic acids is 2. The minimum atomic E-state index is -0.964. The van der Waals surface area contributed by atoms with E-state index in [0.717, 1.165) is 32.9 Å². The lowest BCUT2D eigenvalue weighted by Gasteiger charge is -2.25. The highest BCUT2D eigenvalue weighted by Gasteiger charge is 2.22. The first-order valence-electron chi connectivity index (χ1n) is 17.9. The number of nitriles is 2. The molecule has 1 atom stereocenters. The Morgan fingerprint density at radius 2 is 1.07 bits per heavy atom. The number of aromatic nitrogens is 2. The monoisotopic (exact) mass is 760 g/mol. The summed E-state index contributed by atoms with van der Waals surface area (Å²) in [6.07, 6.45) is 6.35. The Morgan fingerprint density at radius 1 is 0.649 bits per heavy atom. The van der Waals surface area contributed by atoms with E-state index in [-0.39, 0.29) is 42.1 Å². The molecule has 12 heteroatoms. The van der Waals surface area contributed by atoms with Crippen LogP contribution in [-0.4, -0.2) is 67.0 Å². The molecule has 0 radical (unpaired) electrons. The largest absolute Gasteiger partial charge is 0.480 e. The minimum absolute atomic E-state index is 0.00309. The Bertz CT molecular complexity index is 2570. The van der Waals surface area contributed by atoms with Crippen LogP contribution in [0.4, 0.5) is 0 Å². The molecule has 0 bridgehead atoms. The van der Waals surface area contributed by atoms with Crippen LogP contribution in [0.1, 0.15) is 35.2 Å². The summed E-state index contributed by atoms with van der Waals surface area (Å²) in [4.78, 5) is 51.0. The summed E-state index contributed by atoms with van der Waals surface area (Å²) in [5, 5.41) is 39.0. The Labute approximate surface area is 329 Å². The Hall–Kier alpha value is -7.70. The van der Waals surface area contributed by atoms with E-state index in [4.69, 9.17) is 10.2 Å². The first-order chi connectivity index (χ1) is 27.4. The molecule has 2 aromatic heterocycles. The number of amides is 2. The fourth-order valence-electron chi connectivity index (χ4n) is 6.38. The third kappa shape index (κ3) is 9.89. The number of carboxylic acid groups (broad SMARTS) is 2. The molecule has 2 N–H and O–H groups in total. The van der Waals surface area contributed by atoms with E-state index < -0.39 is 11.9 Å². The maximum Gasteiger partial charge on any atom is 0.323 e. The number of nitrogens with zero attached hydrogens (tertiary/aromatic N) is 6. The number of hydrogen-bond donors (Lipinski definition) is 2. The molecule has 6 aromatic rings. The number of likely N-dealkylation sites (N-methyl/N-ethyl adjacent to an activating group) is 2. The number of hydrogen-bond acceptors (Lipinski definition) is 6. The average Bonchev–Trinajstić information content (AvgIpc) is 3.74. The van der Waals surface area contributed by atoms with Crippen LogP contribution in [0.15, 0.2) is 133 Å². The lowest BCUT2D eigenvalue weighted by Crippen LogP contribution is -2.30. The predicted molar refractivity (Wildman–Crippen MR) is 217 cm³/mol. The highest BCUT2D eigenvalue weighted by atomic mass is 16.4. The molecule has 0 aliphatic rings. The van der Waals surface area contributed by atoms with E-state index in [2.05, 4.69) is 0 Å². The first-order valence-corrected chi connectivity index (χ1v) is 17.9.